The van der Waals surface area contributed by atoms with Crippen molar-refractivity contribution in [1.29, 1.82) is 0 Å². The van der Waals surface area contributed by atoms with Crippen molar-refractivity contribution in [2.24, 2.45) is 0 Å². The van der Waals surface area contributed by atoms with E-state index in [1.165, 1.54) is 121 Å². The quantitative estimate of drug-likeness (QED) is 0.157. The Bertz CT molecular complexity index is 3430. The highest BCUT2D eigenvalue weighted by Gasteiger charge is 2.37. The molecule has 0 saturated heterocycles. The molecule has 0 radical (unpaired) electrons. The summed E-state index contributed by atoms with van der Waals surface area (Å²) in [6, 6.07) is 73.3. The van der Waals surface area contributed by atoms with Crippen LogP contribution in [0.5, 0.6) is 0 Å². The molecular formula is C60H44. The Kier molecular flexibility index (Phi) is 7.42. The van der Waals surface area contributed by atoms with Gasteiger partial charge in [-0.3, -0.25) is 0 Å². The molecule has 10 aromatic carbocycles. The average Bonchev–Trinajstić information content (AvgIpc) is 3.66. The molecule has 0 bridgehead atoms. The van der Waals surface area contributed by atoms with Crippen molar-refractivity contribution in [3.05, 3.63) is 216 Å². The minimum absolute atomic E-state index is 0.0719. The second-order valence-corrected chi connectivity index (χ2v) is 18.1. The van der Waals surface area contributed by atoms with Crippen LogP contribution in [0.25, 0.3) is 99.1 Å². The van der Waals surface area contributed by atoms with E-state index in [-0.39, 0.29) is 10.8 Å². The zero-order chi connectivity index (χ0) is 40.3. The molecule has 284 valence electrons. The van der Waals surface area contributed by atoms with Gasteiger partial charge in [-0.1, -0.05) is 191 Å². The maximum Gasteiger partial charge on any atom is 0.0159 e. The third-order valence-corrected chi connectivity index (χ3v) is 14.0. The molecule has 0 amide bonds. The summed E-state index contributed by atoms with van der Waals surface area (Å²) in [7, 11) is 0. The van der Waals surface area contributed by atoms with Gasteiger partial charge in [-0.05, 0) is 152 Å². The van der Waals surface area contributed by atoms with E-state index in [1.807, 2.05) is 0 Å². The van der Waals surface area contributed by atoms with Gasteiger partial charge < -0.3 is 0 Å². The highest BCUT2D eigenvalue weighted by atomic mass is 14.4. The third kappa shape index (κ3) is 5.04. The monoisotopic (exact) mass is 764 g/mol. The lowest BCUT2D eigenvalue weighted by Crippen LogP contribution is -2.14. The van der Waals surface area contributed by atoms with Gasteiger partial charge in [-0.2, -0.15) is 0 Å². The Hall–Kier alpha value is -7.02. The van der Waals surface area contributed by atoms with E-state index in [2.05, 4.69) is 222 Å². The van der Waals surface area contributed by atoms with Gasteiger partial charge in [0.15, 0.2) is 0 Å². The summed E-state index contributed by atoms with van der Waals surface area (Å²) < 4.78 is 0. The van der Waals surface area contributed by atoms with Crippen LogP contribution in [0, 0.1) is 0 Å². The standard InChI is InChI=1S/C60H44/c1-59(2)53-22-11-9-18-45(53)47-29-26-42(35-55(47)59)41-27-31-51-52(34-41)58(43-17-13-16-39(33-43)40-25-24-37-14-5-6-15-38(37)32-40)50-21-8-7-20-49(50)57(51)44-28-30-48-46-19-10-12-23-54(46)60(3,4)56(48)36-44/h5-36H,1-4H3. The number of hydrogen-bond acceptors (Lipinski definition) is 0. The first-order valence-electron chi connectivity index (χ1n) is 21.3. The Morgan fingerprint density at radius 2 is 0.683 bits per heavy atom. The lowest BCUT2D eigenvalue weighted by atomic mass is 9.80. The molecule has 0 heterocycles. The third-order valence-electron chi connectivity index (χ3n) is 14.0. The molecular weight excluding hydrogens is 721 g/mol. The molecule has 2 aliphatic rings. The van der Waals surface area contributed by atoms with Gasteiger partial charge in [-0.25, -0.2) is 0 Å². The summed E-state index contributed by atoms with van der Waals surface area (Å²) in [5.41, 5.74) is 20.8. The molecule has 0 N–H and O–H groups in total. The highest BCUT2D eigenvalue weighted by molar-refractivity contribution is 6.22. The Morgan fingerprint density at radius 1 is 0.250 bits per heavy atom. The first-order chi connectivity index (χ1) is 29.3. The van der Waals surface area contributed by atoms with Crippen molar-refractivity contribution in [3.8, 4) is 66.8 Å². The van der Waals surface area contributed by atoms with Gasteiger partial charge in [0.1, 0.15) is 0 Å². The average molecular weight is 765 g/mol. The zero-order valence-corrected chi connectivity index (χ0v) is 34.5. The Labute approximate surface area is 352 Å². The summed E-state index contributed by atoms with van der Waals surface area (Å²) >= 11 is 0. The van der Waals surface area contributed by atoms with Crippen molar-refractivity contribution in [2.45, 2.75) is 38.5 Å². The molecule has 0 unspecified atom stereocenters. The van der Waals surface area contributed by atoms with E-state index >= 15 is 0 Å². The molecule has 0 nitrogen and oxygen atoms in total. The van der Waals surface area contributed by atoms with Crippen LogP contribution in [-0.4, -0.2) is 0 Å². The van der Waals surface area contributed by atoms with E-state index in [1.54, 1.807) is 0 Å². The van der Waals surface area contributed by atoms with Gasteiger partial charge in [-0.15, -0.1) is 0 Å². The van der Waals surface area contributed by atoms with Crippen LogP contribution in [0.15, 0.2) is 194 Å². The summed E-state index contributed by atoms with van der Waals surface area (Å²) in [5, 5.41) is 7.59. The molecule has 0 aliphatic heterocycles. The second kappa shape index (κ2) is 12.7. The number of hydrogen-bond donors (Lipinski definition) is 0. The molecule has 10 aromatic rings. The van der Waals surface area contributed by atoms with Crippen LogP contribution in [0.1, 0.15) is 49.9 Å². The van der Waals surface area contributed by atoms with Crippen LogP contribution in [0.2, 0.25) is 0 Å². The van der Waals surface area contributed by atoms with Gasteiger partial charge in [0.05, 0.1) is 0 Å². The maximum atomic E-state index is 2.49. The molecule has 0 fully saturated rings. The molecule has 0 heteroatoms. The van der Waals surface area contributed by atoms with Gasteiger partial charge in [0, 0.05) is 10.8 Å². The van der Waals surface area contributed by atoms with E-state index in [9.17, 15) is 0 Å². The van der Waals surface area contributed by atoms with Gasteiger partial charge in [0.25, 0.3) is 0 Å². The SMILES string of the molecule is CC1(C)c2ccccc2-c2ccc(-c3ccc4c(-c5ccc6c(c5)C(C)(C)c5ccccc5-6)c5ccccc5c(-c5cccc(-c6ccc7ccccc7c6)c5)c4c3)cc21. The van der Waals surface area contributed by atoms with E-state index in [4.69, 9.17) is 0 Å². The Balaban J connectivity index is 1.11. The molecule has 2 aliphatic carbocycles. The van der Waals surface area contributed by atoms with Crippen LogP contribution in [-0.2, 0) is 10.8 Å². The Morgan fingerprint density at radius 3 is 1.38 bits per heavy atom. The maximum absolute atomic E-state index is 2.49. The van der Waals surface area contributed by atoms with Crippen LogP contribution in [0.3, 0.4) is 0 Å². The topological polar surface area (TPSA) is 0 Å². The van der Waals surface area contributed by atoms with Gasteiger partial charge in [0.2, 0.25) is 0 Å². The minimum Gasteiger partial charge on any atom is -0.0619 e. The molecule has 60 heavy (non-hydrogen) atoms. The number of fused-ring (bicyclic) bond motifs is 9. The summed E-state index contributed by atoms with van der Waals surface area (Å²) in [5.74, 6) is 0. The van der Waals surface area contributed by atoms with Crippen LogP contribution >= 0.6 is 0 Å². The molecule has 0 aromatic heterocycles. The molecule has 0 spiro atoms. The van der Waals surface area contributed by atoms with Gasteiger partial charge >= 0.3 is 0 Å². The van der Waals surface area contributed by atoms with Crippen LogP contribution < -0.4 is 0 Å². The van der Waals surface area contributed by atoms with Crippen molar-refractivity contribution >= 4 is 32.3 Å². The highest BCUT2D eigenvalue weighted by Crippen LogP contribution is 2.53. The van der Waals surface area contributed by atoms with Crippen molar-refractivity contribution in [1.82, 2.24) is 0 Å². The predicted octanol–water partition coefficient (Wildman–Crippen LogP) is 16.4. The zero-order valence-electron chi connectivity index (χ0n) is 34.5. The first-order valence-corrected chi connectivity index (χ1v) is 21.3. The molecule has 0 atom stereocenters. The molecule has 0 saturated carbocycles. The molecule has 12 rings (SSSR count). The predicted molar refractivity (Wildman–Crippen MR) is 256 cm³/mol. The van der Waals surface area contributed by atoms with Crippen LogP contribution in [0.4, 0.5) is 0 Å². The van der Waals surface area contributed by atoms with Crippen molar-refractivity contribution < 1.29 is 0 Å². The van der Waals surface area contributed by atoms with Crippen molar-refractivity contribution in [3.63, 3.8) is 0 Å². The number of benzene rings is 10. The fourth-order valence-corrected chi connectivity index (χ4v) is 10.9. The van der Waals surface area contributed by atoms with E-state index in [0.717, 1.165) is 0 Å². The summed E-state index contributed by atoms with van der Waals surface area (Å²) in [6.45, 7) is 9.51. The summed E-state index contributed by atoms with van der Waals surface area (Å²) in [6.07, 6.45) is 0. The summed E-state index contributed by atoms with van der Waals surface area (Å²) in [4.78, 5) is 0. The lowest BCUT2D eigenvalue weighted by Gasteiger charge is -2.23. The first kappa shape index (κ1) is 35.0. The fourth-order valence-electron chi connectivity index (χ4n) is 10.9. The minimum atomic E-state index is -0.0924. The van der Waals surface area contributed by atoms with E-state index < -0.39 is 0 Å². The normalized spacial score (nSPS) is 14.3. The number of rotatable bonds is 4. The fraction of sp³-hybridized carbons (Fsp3) is 0.100. The lowest BCUT2D eigenvalue weighted by molar-refractivity contribution is 0.660. The second-order valence-electron chi connectivity index (χ2n) is 18.1. The van der Waals surface area contributed by atoms with E-state index in [0.29, 0.717) is 0 Å². The van der Waals surface area contributed by atoms with Crippen molar-refractivity contribution in [2.75, 3.05) is 0 Å². The largest absolute Gasteiger partial charge is 0.0619 e. The smallest absolute Gasteiger partial charge is 0.0159 e.